The fraction of sp³-hybridized carbons (Fsp3) is 1.00. The molecular weight excluding hydrogens is 109 g/mol. The molecule has 35 valence electrons. The third-order valence-electron chi connectivity index (χ3n) is 0.250. The quantitative estimate of drug-likeness (QED) is 0.451. The Bertz CT molecular complexity index is 11.6. The van der Waals surface area contributed by atoms with Crippen molar-refractivity contribution in [3.05, 3.63) is 0 Å². The molecule has 0 aromatic heterocycles. The van der Waals surface area contributed by atoms with Crippen LogP contribution in [0.2, 0.25) is 0 Å². The van der Waals surface area contributed by atoms with E-state index >= 15 is 0 Å². The van der Waals surface area contributed by atoms with Crippen molar-refractivity contribution in [1.82, 2.24) is 5.32 Å². The molecule has 0 unspecified atom stereocenters. The van der Waals surface area contributed by atoms with Gasteiger partial charge in [0.05, 0.1) is 0 Å². The molecule has 0 atom stereocenters. The SMILES string of the molecule is C.C1CN1.[Co]. The van der Waals surface area contributed by atoms with Gasteiger partial charge in [-0.2, -0.15) is 0 Å². The van der Waals surface area contributed by atoms with Crippen molar-refractivity contribution < 1.29 is 16.8 Å². The Morgan fingerprint density at radius 2 is 1.40 bits per heavy atom. The summed E-state index contributed by atoms with van der Waals surface area (Å²) in [5, 5.41) is 3.00. The van der Waals surface area contributed by atoms with Crippen LogP contribution in [0.25, 0.3) is 0 Å². The summed E-state index contributed by atoms with van der Waals surface area (Å²) in [6.07, 6.45) is 0. The van der Waals surface area contributed by atoms with Crippen LogP contribution in [0.15, 0.2) is 0 Å². The van der Waals surface area contributed by atoms with Gasteiger partial charge in [0.1, 0.15) is 0 Å². The summed E-state index contributed by atoms with van der Waals surface area (Å²) in [6.45, 7) is 2.50. The fourth-order valence-electron chi connectivity index (χ4n) is 0. The molecule has 0 amide bonds. The molecule has 0 aliphatic carbocycles. The van der Waals surface area contributed by atoms with Gasteiger partial charge in [-0.15, -0.1) is 0 Å². The van der Waals surface area contributed by atoms with Crippen LogP contribution in [-0.2, 0) is 16.8 Å². The third kappa shape index (κ3) is 12.6. The molecule has 1 rings (SSSR count). The second-order valence-electron chi connectivity index (χ2n) is 0.750. The van der Waals surface area contributed by atoms with E-state index in [0.717, 1.165) is 0 Å². The Hall–Kier alpha value is 0.466. The summed E-state index contributed by atoms with van der Waals surface area (Å²) in [6, 6.07) is 0. The van der Waals surface area contributed by atoms with Gasteiger partial charge in [-0.25, -0.2) is 0 Å². The molecule has 0 aromatic rings. The summed E-state index contributed by atoms with van der Waals surface area (Å²) < 4.78 is 0. The molecule has 1 heterocycles. The summed E-state index contributed by atoms with van der Waals surface area (Å²) in [7, 11) is 0. The van der Waals surface area contributed by atoms with Gasteiger partial charge in [-0.3, -0.25) is 0 Å². The maximum absolute atomic E-state index is 3.00. The third-order valence-corrected chi connectivity index (χ3v) is 0.250. The zero-order valence-corrected chi connectivity index (χ0v) is 3.29. The summed E-state index contributed by atoms with van der Waals surface area (Å²) >= 11 is 0. The Balaban J connectivity index is 0. The summed E-state index contributed by atoms with van der Waals surface area (Å²) in [5.74, 6) is 0. The van der Waals surface area contributed by atoms with Crippen LogP contribution < -0.4 is 5.32 Å². The molecule has 1 N–H and O–H groups in total. The largest absolute Gasteiger partial charge is 0.314 e. The van der Waals surface area contributed by atoms with Gasteiger partial charge >= 0.3 is 0 Å². The molecule has 1 aliphatic heterocycles. The molecule has 0 spiro atoms. The predicted octanol–water partition coefficient (Wildman–Crippen LogP) is 0.223. The van der Waals surface area contributed by atoms with E-state index in [-0.39, 0.29) is 24.2 Å². The molecule has 0 aromatic carbocycles. The first-order valence-corrected chi connectivity index (χ1v) is 1.21. The van der Waals surface area contributed by atoms with Gasteiger partial charge in [-0.1, -0.05) is 7.43 Å². The van der Waals surface area contributed by atoms with Gasteiger partial charge in [-0.05, 0) is 0 Å². The maximum Gasteiger partial charge on any atom is 0.00772 e. The molecule has 1 nitrogen and oxygen atoms in total. The maximum atomic E-state index is 3.00. The van der Waals surface area contributed by atoms with E-state index in [4.69, 9.17) is 0 Å². The molecule has 0 saturated carbocycles. The monoisotopic (exact) mass is 118 g/mol. The van der Waals surface area contributed by atoms with Crippen LogP contribution in [0, 0.1) is 0 Å². The number of rotatable bonds is 0. The Morgan fingerprint density at radius 3 is 1.40 bits per heavy atom. The second-order valence-corrected chi connectivity index (χ2v) is 0.750. The Morgan fingerprint density at radius 1 is 1.20 bits per heavy atom. The van der Waals surface area contributed by atoms with E-state index in [1.165, 1.54) is 13.1 Å². The van der Waals surface area contributed by atoms with Crippen molar-refractivity contribution in [3.63, 3.8) is 0 Å². The average Bonchev–Trinajstić information content (AvgIpc) is 1.46. The van der Waals surface area contributed by atoms with Crippen molar-refractivity contribution in [3.8, 4) is 0 Å². The second kappa shape index (κ2) is 4.47. The van der Waals surface area contributed by atoms with E-state index in [2.05, 4.69) is 5.32 Å². The zero-order chi connectivity index (χ0) is 2.12. The molecule has 1 aliphatic rings. The minimum absolute atomic E-state index is 0. The summed E-state index contributed by atoms with van der Waals surface area (Å²) in [5.41, 5.74) is 0. The first-order valence-electron chi connectivity index (χ1n) is 1.21. The van der Waals surface area contributed by atoms with E-state index in [1.54, 1.807) is 0 Å². The zero-order valence-electron chi connectivity index (χ0n) is 2.25. The first-order chi connectivity index (χ1) is 1.50. The van der Waals surface area contributed by atoms with Crippen molar-refractivity contribution >= 4 is 0 Å². The van der Waals surface area contributed by atoms with Crippen molar-refractivity contribution in [2.24, 2.45) is 0 Å². The molecule has 1 fully saturated rings. The van der Waals surface area contributed by atoms with Crippen molar-refractivity contribution in [2.75, 3.05) is 13.1 Å². The number of hydrogen-bond acceptors (Lipinski definition) is 1. The minimum atomic E-state index is 0. The topological polar surface area (TPSA) is 21.9 Å². The van der Waals surface area contributed by atoms with Crippen molar-refractivity contribution in [2.45, 2.75) is 7.43 Å². The van der Waals surface area contributed by atoms with Gasteiger partial charge in [0.25, 0.3) is 0 Å². The first kappa shape index (κ1) is 9.08. The Kier molecular flexibility index (Phi) is 8.11. The summed E-state index contributed by atoms with van der Waals surface area (Å²) in [4.78, 5) is 0. The minimum Gasteiger partial charge on any atom is -0.314 e. The standard InChI is InChI=1S/C2H5N.CH4.Co/c1-2-3-1;;/h3H,1-2H2;1H4;. The molecule has 0 bridgehead atoms. The average molecular weight is 118 g/mol. The van der Waals surface area contributed by atoms with Crippen LogP contribution in [0.1, 0.15) is 7.43 Å². The molecule has 2 heteroatoms. The van der Waals surface area contributed by atoms with E-state index in [9.17, 15) is 0 Å². The van der Waals surface area contributed by atoms with Crippen LogP contribution in [0.3, 0.4) is 0 Å². The molecule has 1 radical (unpaired) electrons. The Labute approximate surface area is 43.3 Å². The van der Waals surface area contributed by atoms with Gasteiger partial charge in [0.2, 0.25) is 0 Å². The molecular formula is C3H9CoN. The van der Waals surface area contributed by atoms with E-state index in [0.29, 0.717) is 0 Å². The van der Waals surface area contributed by atoms with E-state index in [1.807, 2.05) is 0 Å². The number of nitrogens with one attached hydrogen (secondary N) is 1. The van der Waals surface area contributed by atoms with Crippen LogP contribution >= 0.6 is 0 Å². The van der Waals surface area contributed by atoms with Crippen LogP contribution in [-0.4, -0.2) is 13.1 Å². The fourth-order valence-corrected chi connectivity index (χ4v) is 0. The molecule has 1 saturated heterocycles. The van der Waals surface area contributed by atoms with Gasteiger partial charge in [0, 0.05) is 29.9 Å². The van der Waals surface area contributed by atoms with Gasteiger partial charge < -0.3 is 5.32 Å². The normalized spacial score (nSPS) is 14.4. The smallest absolute Gasteiger partial charge is 0.00772 e. The van der Waals surface area contributed by atoms with Crippen molar-refractivity contribution in [1.29, 1.82) is 0 Å². The van der Waals surface area contributed by atoms with Crippen LogP contribution in [0.4, 0.5) is 0 Å². The predicted molar refractivity (Wildman–Crippen MR) is 19.6 cm³/mol. The van der Waals surface area contributed by atoms with Crippen LogP contribution in [0.5, 0.6) is 0 Å². The number of hydrogen-bond donors (Lipinski definition) is 1. The molecule has 5 heavy (non-hydrogen) atoms. The van der Waals surface area contributed by atoms with E-state index < -0.39 is 0 Å². The van der Waals surface area contributed by atoms with Gasteiger partial charge in [0.15, 0.2) is 0 Å².